The summed E-state index contributed by atoms with van der Waals surface area (Å²) in [5.41, 5.74) is 3.93. The summed E-state index contributed by atoms with van der Waals surface area (Å²) in [5.74, 6) is 0.972. The standard InChI is InChI=1S/C27H36ClN3O/c1-26(2)21-13-14-27(3,16-21)24(26)30-25(32)31(4)23-19(10-5-6-11-20(23)17-29-31)15-18-9-7-8-12-22(18)28/h7-9,12,17,19,21,24H,5-6,10-11,13-16H2,1-4H3/p+1/t19?,21?,24-,27?,31?/m1/s1. The van der Waals surface area contributed by atoms with Gasteiger partial charge in [0.1, 0.15) is 7.05 Å². The van der Waals surface area contributed by atoms with Gasteiger partial charge in [-0.1, -0.05) is 66.7 Å². The van der Waals surface area contributed by atoms with Crippen LogP contribution in [0.15, 0.2) is 40.6 Å². The van der Waals surface area contributed by atoms with Gasteiger partial charge in [0.2, 0.25) is 0 Å². The van der Waals surface area contributed by atoms with Crippen molar-refractivity contribution in [3.63, 3.8) is 0 Å². The lowest BCUT2D eigenvalue weighted by Crippen LogP contribution is -2.59. The van der Waals surface area contributed by atoms with Gasteiger partial charge in [0, 0.05) is 22.6 Å². The Morgan fingerprint density at radius 1 is 1.22 bits per heavy atom. The minimum absolute atomic E-state index is 0.0256. The minimum Gasteiger partial charge on any atom is -0.299 e. The van der Waals surface area contributed by atoms with Crippen LogP contribution in [0.25, 0.3) is 0 Å². The van der Waals surface area contributed by atoms with Crippen LogP contribution in [0, 0.1) is 22.7 Å². The molecule has 32 heavy (non-hydrogen) atoms. The fourth-order valence-electron chi connectivity index (χ4n) is 7.45. The minimum atomic E-state index is 0.0256. The van der Waals surface area contributed by atoms with Crippen LogP contribution in [0.1, 0.15) is 71.3 Å². The van der Waals surface area contributed by atoms with E-state index in [0.717, 1.165) is 36.3 Å². The first-order chi connectivity index (χ1) is 15.1. The van der Waals surface area contributed by atoms with Gasteiger partial charge in [-0.25, -0.2) is 4.79 Å². The number of hydrogen-bond donors (Lipinski definition) is 1. The Morgan fingerprint density at radius 2 is 2.00 bits per heavy atom. The fraction of sp³-hybridized carbons (Fsp3) is 0.630. The third-order valence-corrected chi connectivity index (χ3v) is 9.60. The molecule has 3 aliphatic carbocycles. The molecular weight excluding hydrogens is 418 g/mol. The number of carbonyl (C=O) groups excluding carboxylic acids is 1. The zero-order valence-corrected chi connectivity index (χ0v) is 20.7. The van der Waals surface area contributed by atoms with E-state index in [9.17, 15) is 4.79 Å². The maximum Gasteiger partial charge on any atom is 0.448 e. The number of quaternary nitrogens is 1. The van der Waals surface area contributed by atoms with Crippen molar-refractivity contribution >= 4 is 23.8 Å². The predicted octanol–water partition coefficient (Wildman–Crippen LogP) is 6.70. The summed E-state index contributed by atoms with van der Waals surface area (Å²) >= 11 is 6.53. The molecule has 0 spiro atoms. The van der Waals surface area contributed by atoms with E-state index in [0.29, 0.717) is 5.92 Å². The highest BCUT2D eigenvalue weighted by molar-refractivity contribution is 6.31. The molecule has 1 aromatic rings. The van der Waals surface area contributed by atoms with Crippen molar-refractivity contribution in [3.8, 4) is 0 Å². The smallest absolute Gasteiger partial charge is 0.299 e. The van der Waals surface area contributed by atoms with Gasteiger partial charge in [0.25, 0.3) is 0 Å². The molecule has 0 radical (unpaired) electrons. The van der Waals surface area contributed by atoms with Crippen LogP contribution in [0.3, 0.4) is 0 Å². The molecule has 2 fully saturated rings. The Labute approximate surface area is 197 Å². The van der Waals surface area contributed by atoms with Crippen molar-refractivity contribution in [3.05, 3.63) is 46.1 Å². The van der Waals surface area contributed by atoms with E-state index < -0.39 is 0 Å². The summed E-state index contributed by atoms with van der Waals surface area (Å²) in [6, 6.07) is 8.34. The lowest BCUT2D eigenvalue weighted by atomic mass is 9.68. The lowest BCUT2D eigenvalue weighted by Gasteiger charge is -2.43. The molecule has 172 valence electrons. The van der Waals surface area contributed by atoms with E-state index in [1.807, 2.05) is 25.4 Å². The molecule has 1 heterocycles. The second kappa shape index (κ2) is 7.70. The third-order valence-electron chi connectivity index (χ3n) is 9.24. The van der Waals surface area contributed by atoms with Crippen LogP contribution in [0.2, 0.25) is 5.02 Å². The molecule has 5 heteroatoms. The second-order valence-corrected chi connectivity index (χ2v) is 12.1. The zero-order chi connectivity index (χ0) is 22.7. The molecule has 5 atom stereocenters. The number of hydrogen-bond acceptors (Lipinski definition) is 2. The van der Waals surface area contributed by atoms with E-state index in [-0.39, 0.29) is 33.4 Å². The Morgan fingerprint density at radius 3 is 2.72 bits per heavy atom. The van der Waals surface area contributed by atoms with Crippen LogP contribution in [-0.4, -0.2) is 29.9 Å². The number of nitrogens with zero attached hydrogens (tertiary/aromatic N) is 2. The van der Waals surface area contributed by atoms with Crippen LogP contribution >= 0.6 is 11.6 Å². The highest BCUT2D eigenvalue weighted by Crippen LogP contribution is 2.62. The number of carbonyl (C=O) groups is 1. The molecular formula is C27H37ClN3O+. The van der Waals surface area contributed by atoms with Crippen molar-refractivity contribution < 1.29 is 9.39 Å². The molecule has 0 saturated heterocycles. The number of benzene rings is 1. The molecule has 4 unspecified atom stereocenters. The van der Waals surface area contributed by atoms with Gasteiger partial charge >= 0.3 is 6.03 Å². The van der Waals surface area contributed by atoms with Gasteiger partial charge in [-0.2, -0.15) is 0 Å². The monoisotopic (exact) mass is 454 g/mol. The van der Waals surface area contributed by atoms with Crippen molar-refractivity contribution in [1.82, 2.24) is 5.32 Å². The summed E-state index contributed by atoms with van der Waals surface area (Å²) in [4.78, 5) is 13.9. The van der Waals surface area contributed by atoms with Crippen molar-refractivity contribution in [2.45, 2.75) is 78.2 Å². The third kappa shape index (κ3) is 3.37. The van der Waals surface area contributed by atoms with Gasteiger partial charge in [-0.15, -0.1) is 0 Å². The molecule has 2 saturated carbocycles. The highest BCUT2D eigenvalue weighted by Gasteiger charge is 2.61. The summed E-state index contributed by atoms with van der Waals surface area (Å²) in [5, 5.41) is 9.18. The Kier molecular flexibility index (Phi) is 5.33. The van der Waals surface area contributed by atoms with Crippen LogP contribution in [-0.2, 0) is 6.42 Å². The van der Waals surface area contributed by atoms with Crippen molar-refractivity contribution in [1.29, 1.82) is 0 Å². The Hall–Kier alpha value is -1.65. The van der Waals surface area contributed by atoms with E-state index in [2.05, 4.69) is 38.2 Å². The zero-order valence-electron chi connectivity index (χ0n) is 20.0. The second-order valence-electron chi connectivity index (χ2n) is 11.6. The number of halogens is 1. The summed E-state index contributed by atoms with van der Waals surface area (Å²) < 4.78 is 0.0256. The summed E-state index contributed by atoms with van der Waals surface area (Å²) in [7, 11) is 1.99. The normalized spacial score (nSPS) is 37.5. The molecule has 0 aromatic heterocycles. The van der Waals surface area contributed by atoms with Crippen molar-refractivity contribution in [2.24, 2.45) is 27.8 Å². The van der Waals surface area contributed by atoms with Gasteiger partial charge in [0.15, 0.2) is 5.70 Å². The summed E-state index contributed by atoms with van der Waals surface area (Å²) in [6.45, 7) is 7.06. The number of rotatable bonds is 3. The van der Waals surface area contributed by atoms with E-state index in [1.54, 1.807) is 0 Å². The molecule has 1 aliphatic heterocycles. The number of urea groups is 1. The van der Waals surface area contributed by atoms with Crippen molar-refractivity contribution in [2.75, 3.05) is 7.05 Å². The Balaban J connectivity index is 1.44. The SMILES string of the molecule is CC12CCC(C1)C(C)(C)[C@H]2NC(=O)[N+]1(C)N=CC2=C1C(Cc1ccccc1Cl)CCCC2. The summed E-state index contributed by atoms with van der Waals surface area (Å²) in [6.07, 6.45) is 11.0. The molecule has 4 nitrogen and oxygen atoms in total. The number of nitrogens with one attached hydrogen (secondary N) is 1. The Bertz CT molecular complexity index is 994. The number of amides is 2. The van der Waals surface area contributed by atoms with Gasteiger partial charge in [-0.3, -0.25) is 5.32 Å². The molecule has 1 aromatic carbocycles. The van der Waals surface area contributed by atoms with Crippen LogP contribution in [0.4, 0.5) is 4.79 Å². The highest BCUT2D eigenvalue weighted by atomic mass is 35.5. The maximum absolute atomic E-state index is 13.9. The number of allylic oxidation sites excluding steroid dienone is 2. The molecule has 2 amide bonds. The topological polar surface area (TPSA) is 41.5 Å². The van der Waals surface area contributed by atoms with Gasteiger partial charge in [-0.05, 0) is 73.3 Å². The first-order valence-electron chi connectivity index (χ1n) is 12.4. The van der Waals surface area contributed by atoms with E-state index in [4.69, 9.17) is 16.7 Å². The molecule has 5 rings (SSSR count). The predicted molar refractivity (Wildman–Crippen MR) is 130 cm³/mol. The van der Waals surface area contributed by atoms with Crippen LogP contribution < -0.4 is 5.32 Å². The first kappa shape index (κ1) is 22.2. The quantitative estimate of drug-likeness (QED) is 0.507. The lowest BCUT2D eigenvalue weighted by molar-refractivity contribution is -0.799. The molecule has 2 bridgehead atoms. The molecule has 1 N–H and O–H groups in total. The van der Waals surface area contributed by atoms with Crippen LogP contribution in [0.5, 0.6) is 0 Å². The number of fused-ring (bicyclic) bond motifs is 2. The average Bonchev–Trinajstić information content (AvgIpc) is 3.30. The maximum atomic E-state index is 13.9. The van der Waals surface area contributed by atoms with E-state index >= 15 is 0 Å². The largest absolute Gasteiger partial charge is 0.448 e. The van der Waals surface area contributed by atoms with Gasteiger partial charge < -0.3 is 0 Å². The molecule has 4 aliphatic rings. The fourth-order valence-corrected chi connectivity index (χ4v) is 7.66. The first-order valence-corrected chi connectivity index (χ1v) is 12.7. The van der Waals surface area contributed by atoms with Gasteiger partial charge in [0.05, 0.1) is 6.21 Å². The average molecular weight is 455 g/mol. The van der Waals surface area contributed by atoms with E-state index in [1.165, 1.54) is 37.0 Å².